The normalized spacial score (nSPS) is 31.6. The van der Waals surface area contributed by atoms with Gasteiger partial charge in [-0.1, -0.05) is 23.8 Å². The summed E-state index contributed by atoms with van der Waals surface area (Å²) in [5, 5.41) is 0. The highest BCUT2D eigenvalue weighted by Crippen LogP contribution is 2.49. The molecule has 2 nitrogen and oxygen atoms in total. The first-order chi connectivity index (χ1) is 7.60. The molecule has 0 aromatic carbocycles. The largest absolute Gasteiger partial charge is 0.306 e. The summed E-state index contributed by atoms with van der Waals surface area (Å²) in [6.45, 7) is 8.47. The van der Waals surface area contributed by atoms with Crippen molar-refractivity contribution in [1.82, 2.24) is 4.90 Å². The summed E-state index contributed by atoms with van der Waals surface area (Å²) in [6.07, 6.45) is 7.27. The van der Waals surface area contributed by atoms with E-state index in [1.54, 1.807) is 0 Å². The molecule has 0 amide bonds. The van der Waals surface area contributed by atoms with Crippen molar-refractivity contribution >= 4 is 6.29 Å². The first-order valence-corrected chi connectivity index (χ1v) is 6.00. The second-order valence-corrected chi connectivity index (χ2v) is 5.03. The fourth-order valence-electron chi connectivity index (χ4n) is 2.27. The Morgan fingerprint density at radius 2 is 1.81 bits per heavy atom. The molecule has 0 aromatic heterocycles. The number of carbonyl (C=O) groups excluding carboxylic acids is 1. The van der Waals surface area contributed by atoms with Gasteiger partial charge in [0.2, 0.25) is 0 Å². The van der Waals surface area contributed by atoms with Crippen LogP contribution in [0.4, 0.5) is 0 Å². The number of piperidine rings is 1. The Bertz CT molecular complexity index is 277. The minimum atomic E-state index is 0.432. The van der Waals surface area contributed by atoms with Gasteiger partial charge in [-0.25, -0.2) is 0 Å². The molecule has 2 unspecified atom stereocenters. The van der Waals surface area contributed by atoms with Crippen molar-refractivity contribution in [3.8, 4) is 0 Å². The van der Waals surface area contributed by atoms with E-state index >= 15 is 0 Å². The van der Waals surface area contributed by atoms with E-state index in [-0.39, 0.29) is 0 Å². The molecule has 0 aromatic rings. The molecule has 2 heteroatoms. The van der Waals surface area contributed by atoms with Crippen molar-refractivity contribution in [2.45, 2.75) is 20.8 Å². The molecule has 0 radical (unpaired) electrons. The van der Waals surface area contributed by atoms with Crippen LogP contribution >= 0.6 is 0 Å². The molecule has 0 spiro atoms. The van der Waals surface area contributed by atoms with Gasteiger partial charge < -0.3 is 9.69 Å². The second kappa shape index (κ2) is 6.00. The van der Waals surface area contributed by atoms with E-state index in [1.807, 2.05) is 19.1 Å². The highest BCUT2D eigenvalue weighted by molar-refractivity contribution is 5.60. The minimum Gasteiger partial charge on any atom is -0.306 e. The van der Waals surface area contributed by atoms with Gasteiger partial charge in [0, 0.05) is 19.0 Å². The van der Waals surface area contributed by atoms with Crippen molar-refractivity contribution in [3.63, 3.8) is 0 Å². The Labute approximate surface area is 99.0 Å². The van der Waals surface area contributed by atoms with Gasteiger partial charge >= 0.3 is 0 Å². The van der Waals surface area contributed by atoms with Gasteiger partial charge in [-0.3, -0.25) is 0 Å². The topological polar surface area (TPSA) is 20.3 Å². The molecular formula is C14H23NO. The number of likely N-dealkylation sites (tertiary alicyclic amines) is 1. The number of nitrogens with zero attached hydrogens (tertiary/aromatic N) is 1. The van der Waals surface area contributed by atoms with Crippen LogP contribution in [0.2, 0.25) is 0 Å². The molecule has 90 valence electrons. The van der Waals surface area contributed by atoms with Crippen LogP contribution in [0.5, 0.6) is 0 Å². The third-order valence-electron chi connectivity index (χ3n) is 3.22. The summed E-state index contributed by atoms with van der Waals surface area (Å²) in [7, 11) is 2.12. The van der Waals surface area contributed by atoms with Crippen molar-refractivity contribution < 1.29 is 4.79 Å². The summed E-state index contributed by atoms with van der Waals surface area (Å²) < 4.78 is 0. The molecule has 0 N–H and O–H groups in total. The minimum absolute atomic E-state index is 0.432. The number of carbonyl (C=O) groups is 1. The lowest BCUT2D eigenvalue weighted by Gasteiger charge is -2.09. The summed E-state index contributed by atoms with van der Waals surface area (Å²) in [4.78, 5) is 12.6. The first-order valence-electron chi connectivity index (χ1n) is 6.00. The number of fused-ring (bicyclic) bond motifs is 1. The molecule has 2 atom stereocenters. The van der Waals surface area contributed by atoms with E-state index in [1.165, 1.54) is 5.57 Å². The molecule has 0 bridgehead atoms. The van der Waals surface area contributed by atoms with E-state index in [4.69, 9.17) is 0 Å². The predicted octanol–water partition coefficient (Wildman–Crippen LogP) is 2.52. The van der Waals surface area contributed by atoms with Crippen molar-refractivity contribution in [3.05, 3.63) is 23.8 Å². The highest BCUT2D eigenvalue weighted by Gasteiger charge is 2.54. The molecule has 2 rings (SSSR count). The van der Waals surface area contributed by atoms with Gasteiger partial charge in [-0.2, -0.15) is 0 Å². The van der Waals surface area contributed by atoms with Crippen LogP contribution in [0, 0.1) is 17.8 Å². The summed E-state index contributed by atoms with van der Waals surface area (Å²) in [6, 6.07) is 0. The van der Waals surface area contributed by atoms with E-state index in [0.29, 0.717) is 5.92 Å². The zero-order valence-corrected chi connectivity index (χ0v) is 10.8. The predicted molar refractivity (Wildman–Crippen MR) is 68.3 cm³/mol. The maximum Gasteiger partial charge on any atom is 0.123 e. The summed E-state index contributed by atoms with van der Waals surface area (Å²) >= 11 is 0. The Hall–Kier alpha value is -0.890. The lowest BCUT2D eigenvalue weighted by Crippen LogP contribution is -2.19. The van der Waals surface area contributed by atoms with Crippen LogP contribution in [0.15, 0.2) is 23.8 Å². The summed E-state index contributed by atoms with van der Waals surface area (Å²) in [5.41, 5.74) is 1.35. The Morgan fingerprint density at radius 3 is 2.12 bits per heavy atom. The fourth-order valence-corrected chi connectivity index (χ4v) is 2.27. The fraction of sp³-hybridized carbons (Fsp3) is 0.643. The molecular weight excluding hydrogens is 198 g/mol. The van der Waals surface area contributed by atoms with Gasteiger partial charge in [0.25, 0.3) is 0 Å². The van der Waals surface area contributed by atoms with Crippen LogP contribution in [0.25, 0.3) is 0 Å². The zero-order valence-electron chi connectivity index (χ0n) is 10.8. The summed E-state index contributed by atoms with van der Waals surface area (Å²) in [5.74, 6) is 1.89. The van der Waals surface area contributed by atoms with Crippen LogP contribution in [-0.4, -0.2) is 31.3 Å². The molecule has 1 aliphatic carbocycles. The smallest absolute Gasteiger partial charge is 0.123 e. The van der Waals surface area contributed by atoms with Crippen molar-refractivity contribution in [2.24, 2.45) is 17.8 Å². The Kier molecular flexibility index (Phi) is 4.94. The molecule has 16 heavy (non-hydrogen) atoms. The van der Waals surface area contributed by atoms with E-state index in [2.05, 4.69) is 31.9 Å². The third kappa shape index (κ3) is 3.60. The van der Waals surface area contributed by atoms with E-state index in [9.17, 15) is 4.79 Å². The van der Waals surface area contributed by atoms with Crippen LogP contribution in [-0.2, 0) is 4.79 Å². The number of aldehydes is 1. The van der Waals surface area contributed by atoms with Gasteiger partial charge in [0.15, 0.2) is 0 Å². The van der Waals surface area contributed by atoms with E-state index in [0.717, 1.165) is 31.2 Å². The van der Waals surface area contributed by atoms with E-state index < -0.39 is 0 Å². The van der Waals surface area contributed by atoms with Crippen molar-refractivity contribution in [2.75, 3.05) is 20.1 Å². The maximum absolute atomic E-state index is 10.3. The second-order valence-electron chi connectivity index (χ2n) is 5.03. The Morgan fingerprint density at radius 1 is 1.25 bits per heavy atom. The quantitative estimate of drug-likeness (QED) is 0.527. The molecule has 2 fully saturated rings. The number of hydrogen-bond acceptors (Lipinski definition) is 2. The molecule has 1 saturated carbocycles. The van der Waals surface area contributed by atoms with Gasteiger partial charge in [0.1, 0.15) is 6.29 Å². The lowest BCUT2D eigenvalue weighted by atomic mass is 10.3. The van der Waals surface area contributed by atoms with Gasteiger partial charge in [0.05, 0.1) is 0 Å². The average Bonchev–Trinajstić information content (AvgIpc) is 2.72. The third-order valence-corrected chi connectivity index (χ3v) is 3.22. The number of rotatable bonds is 2. The van der Waals surface area contributed by atoms with Crippen LogP contribution < -0.4 is 0 Å². The molecule has 1 aliphatic heterocycles. The molecule has 2 aliphatic rings. The monoisotopic (exact) mass is 221 g/mol. The standard InChI is InChI=1S/C7H11NO.C7H12/c1-8-2-5-6(3-8)7(5)4-9;1-4-5-6-7(2)3/h4-7H,2-3H2,1H3;4-6H,1-3H3/b;5-4-. The van der Waals surface area contributed by atoms with Crippen LogP contribution in [0.3, 0.4) is 0 Å². The number of hydrogen-bond donors (Lipinski definition) is 0. The highest BCUT2D eigenvalue weighted by atomic mass is 16.1. The van der Waals surface area contributed by atoms with Crippen molar-refractivity contribution in [1.29, 1.82) is 0 Å². The average molecular weight is 221 g/mol. The SMILES string of the molecule is C/C=C\C=C(C)C.CN1CC2C(C=O)C2C1. The zero-order chi connectivity index (χ0) is 12.1. The number of allylic oxidation sites excluding steroid dienone is 4. The molecule has 1 saturated heterocycles. The lowest BCUT2D eigenvalue weighted by molar-refractivity contribution is -0.109. The molecule has 1 heterocycles. The Balaban J connectivity index is 0.000000168. The maximum atomic E-state index is 10.3. The van der Waals surface area contributed by atoms with Crippen LogP contribution in [0.1, 0.15) is 20.8 Å². The first kappa shape index (κ1) is 13.2. The van der Waals surface area contributed by atoms with Gasteiger partial charge in [-0.15, -0.1) is 0 Å². The van der Waals surface area contributed by atoms with Gasteiger partial charge in [-0.05, 0) is 39.7 Å².